The average Bonchev–Trinajstić information content (AvgIpc) is 2.27. The molecule has 0 nitrogen and oxygen atoms in total. The quantitative estimate of drug-likeness (QED) is 0.475. The Kier molecular flexibility index (Phi) is 1.90. The average molecular weight is 159 g/mol. The van der Waals surface area contributed by atoms with Gasteiger partial charge in [-0.15, -0.1) is 11.6 Å². The minimum Gasteiger partial charge on any atom is -0.123 e. The Hall–Kier alpha value is 0.290. The van der Waals surface area contributed by atoms with Crippen LogP contribution in [-0.4, -0.2) is 5.38 Å². The molecule has 2 bridgehead atoms. The second-order valence-corrected chi connectivity index (χ2v) is 4.45. The Bertz CT molecular complexity index is 122. The first-order valence-corrected chi connectivity index (χ1v) is 4.94. The van der Waals surface area contributed by atoms with E-state index >= 15 is 0 Å². The highest BCUT2D eigenvalue weighted by atomic mass is 35.5. The molecular formula is C9H15Cl. The summed E-state index contributed by atoms with van der Waals surface area (Å²) in [7, 11) is 0. The summed E-state index contributed by atoms with van der Waals surface area (Å²) in [6.45, 7) is 0. The summed E-state index contributed by atoms with van der Waals surface area (Å²) in [5, 5.41) is 0.521. The second-order valence-electron chi connectivity index (χ2n) is 3.89. The zero-order valence-electron chi connectivity index (χ0n) is 6.35. The van der Waals surface area contributed by atoms with Gasteiger partial charge >= 0.3 is 0 Å². The van der Waals surface area contributed by atoms with Gasteiger partial charge in [0.15, 0.2) is 0 Å². The Morgan fingerprint density at radius 1 is 1.00 bits per heavy atom. The van der Waals surface area contributed by atoms with E-state index in [1.54, 1.807) is 0 Å². The van der Waals surface area contributed by atoms with Crippen molar-refractivity contribution < 1.29 is 0 Å². The van der Waals surface area contributed by atoms with Crippen molar-refractivity contribution in [2.75, 3.05) is 0 Å². The molecule has 1 heteroatoms. The van der Waals surface area contributed by atoms with Crippen molar-refractivity contribution in [1.82, 2.24) is 0 Å². The fourth-order valence-electron chi connectivity index (χ4n) is 2.54. The van der Waals surface area contributed by atoms with Crippen LogP contribution in [0, 0.1) is 11.8 Å². The van der Waals surface area contributed by atoms with Gasteiger partial charge < -0.3 is 0 Å². The molecule has 0 aromatic rings. The lowest BCUT2D eigenvalue weighted by molar-refractivity contribution is 0.490. The van der Waals surface area contributed by atoms with E-state index in [1.807, 2.05) is 0 Å². The summed E-state index contributed by atoms with van der Waals surface area (Å²) in [5.74, 6) is 1.93. The Morgan fingerprint density at radius 3 is 2.80 bits per heavy atom. The van der Waals surface area contributed by atoms with Crippen LogP contribution in [0.3, 0.4) is 0 Å². The van der Waals surface area contributed by atoms with E-state index in [2.05, 4.69) is 0 Å². The molecule has 3 atom stereocenters. The summed E-state index contributed by atoms with van der Waals surface area (Å²) in [4.78, 5) is 0. The number of alkyl halides is 1. The minimum atomic E-state index is 0.521. The van der Waals surface area contributed by atoms with E-state index in [0.29, 0.717) is 5.38 Å². The minimum absolute atomic E-state index is 0.521. The zero-order valence-corrected chi connectivity index (χ0v) is 7.11. The molecule has 58 valence electrons. The summed E-state index contributed by atoms with van der Waals surface area (Å²) >= 11 is 6.21. The molecular weight excluding hydrogens is 144 g/mol. The van der Waals surface area contributed by atoms with Gasteiger partial charge in [-0.05, 0) is 31.1 Å². The first kappa shape index (κ1) is 6.97. The topological polar surface area (TPSA) is 0 Å². The molecule has 2 aliphatic rings. The van der Waals surface area contributed by atoms with E-state index < -0.39 is 0 Å². The highest BCUT2D eigenvalue weighted by molar-refractivity contribution is 6.20. The van der Waals surface area contributed by atoms with Gasteiger partial charge in [0, 0.05) is 5.38 Å². The Labute approximate surface area is 68.0 Å². The van der Waals surface area contributed by atoms with Gasteiger partial charge in [-0.25, -0.2) is 0 Å². The van der Waals surface area contributed by atoms with Crippen molar-refractivity contribution in [1.29, 1.82) is 0 Å². The van der Waals surface area contributed by atoms with E-state index in [9.17, 15) is 0 Å². The molecule has 0 radical (unpaired) electrons. The zero-order chi connectivity index (χ0) is 6.97. The Balaban J connectivity index is 2.03. The molecule has 0 N–H and O–H groups in total. The molecule has 0 aliphatic heterocycles. The number of hydrogen-bond acceptors (Lipinski definition) is 0. The van der Waals surface area contributed by atoms with Crippen molar-refractivity contribution in [2.45, 2.75) is 43.9 Å². The SMILES string of the molecule is Cl[C@H]1CCC[C@H]2CC[C@@H]1C2. The maximum Gasteiger partial charge on any atom is 0.0364 e. The van der Waals surface area contributed by atoms with Crippen LogP contribution >= 0.6 is 11.6 Å². The largest absolute Gasteiger partial charge is 0.123 e. The molecule has 0 spiro atoms. The van der Waals surface area contributed by atoms with Gasteiger partial charge in [-0.3, -0.25) is 0 Å². The van der Waals surface area contributed by atoms with E-state index in [0.717, 1.165) is 11.8 Å². The van der Waals surface area contributed by atoms with Crippen LogP contribution in [0.2, 0.25) is 0 Å². The van der Waals surface area contributed by atoms with Crippen LogP contribution in [0.1, 0.15) is 38.5 Å². The summed E-state index contributed by atoms with van der Waals surface area (Å²) < 4.78 is 0. The van der Waals surface area contributed by atoms with Crippen molar-refractivity contribution >= 4 is 11.6 Å². The third-order valence-electron chi connectivity index (χ3n) is 3.19. The lowest BCUT2D eigenvalue weighted by Crippen LogP contribution is -2.09. The standard InChI is InChI=1S/C9H15Cl/c10-9-3-1-2-7-4-5-8(9)6-7/h7-9H,1-6H2/t7-,8+,9-/m0/s1. The number of fused-ring (bicyclic) bond motifs is 2. The van der Waals surface area contributed by atoms with Crippen LogP contribution in [0.5, 0.6) is 0 Å². The van der Waals surface area contributed by atoms with E-state index in [-0.39, 0.29) is 0 Å². The maximum atomic E-state index is 6.21. The van der Waals surface area contributed by atoms with Gasteiger partial charge in [0.05, 0.1) is 0 Å². The lowest BCUT2D eigenvalue weighted by atomic mass is 10.0. The Morgan fingerprint density at radius 2 is 1.90 bits per heavy atom. The number of hydrogen-bond donors (Lipinski definition) is 0. The fourth-order valence-corrected chi connectivity index (χ4v) is 2.92. The predicted octanol–water partition coefficient (Wildman–Crippen LogP) is 3.19. The monoisotopic (exact) mass is 158 g/mol. The highest BCUT2D eigenvalue weighted by Crippen LogP contribution is 2.42. The molecule has 0 unspecified atom stereocenters. The number of halogens is 1. The third kappa shape index (κ3) is 1.18. The molecule has 2 fully saturated rings. The van der Waals surface area contributed by atoms with Gasteiger partial charge in [-0.1, -0.05) is 19.3 Å². The predicted molar refractivity (Wildman–Crippen MR) is 44.3 cm³/mol. The van der Waals surface area contributed by atoms with E-state index in [1.165, 1.54) is 38.5 Å². The maximum absolute atomic E-state index is 6.21. The lowest BCUT2D eigenvalue weighted by Gasteiger charge is -2.13. The second kappa shape index (κ2) is 2.73. The number of rotatable bonds is 0. The van der Waals surface area contributed by atoms with Crippen LogP contribution in [-0.2, 0) is 0 Å². The first-order chi connectivity index (χ1) is 4.86. The van der Waals surface area contributed by atoms with Crippen LogP contribution in [0.15, 0.2) is 0 Å². The molecule has 0 aromatic heterocycles. The molecule has 0 heterocycles. The van der Waals surface area contributed by atoms with E-state index in [4.69, 9.17) is 11.6 Å². The summed E-state index contributed by atoms with van der Waals surface area (Å²) in [6.07, 6.45) is 8.44. The van der Waals surface area contributed by atoms with Gasteiger partial charge in [0.2, 0.25) is 0 Å². The molecule has 0 saturated heterocycles. The molecule has 2 rings (SSSR count). The summed E-state index contributed by atoms with van der Waals surface area (Å²) in [6, 6.07) is 0. The van der Waals surface area contributed by atoms with Crippen molar-refractivity contribution in [3.63, 3.8) is 0 Å². The van der Waals surface area contributed by atoms with Crippen LogP contribution in [0.4, 0.5) is 0 Å². The van der Waals surface area contributed by atoms with Crippen molar-refractivity contribution in [3.8, 4) is 0 Å². The van der Waals surface area contributed by atoms with Gasteiger partial charge in [0.1, 0.15) is 0 Å². The van der Waals surface area contributed by atoms with Crippen LogP contribution in [0.25, 0.3) is 0 Å². The van der Waals surface area contributed by atoms with Gasteiger partial charge in [-0.2, -0.15) is 0 Å². The van der Waals surface area contributed by atoms with Crippen molar-refractivity contribution in [2.24, 2.45) is 11.8 Å². The van der Waals surface area contributed by atoms with Gasteiger partial charge in [0.25, 0.3) is 0 Å². The molecule has 10 heavy (non-hydrogen) atoms. The summed E-state index contributed by atoms with van der Waals surface area (Å²) in [5.41, 5.74) is 0. The third-order valence-corrected chi connectivity index (χ3v) is 3.76. The first-order valence-electron chi connectivity index (χ1n) is 4.50. The smallest absolute Gasteiger partial charge is 0.0364 e. The molecule has 2 saturated carbocycles. The molecule has 2 aliphatic carbocycles. The molecule has 0 aromatic carbocycles. The normalized spacial score (nSPS) is 47.1. The highest BCUT2D eigenvalue weighted by Gasteiger charge is 2.31. The van der Waals surface area contributed by atoms with Crippen LogP contribution < -0.4 is 0 Å². The molecule has 0 amide bonds. The fraction of sp³-hybridized carbons (Fsp3) is 1.00. The van der Waals surface area contributed by atoms with Crippen molar-refractivity contribution in [3.05, 3.63) is 0 Å².